The Labute approximate surface area is 158 Å². The van der Waals surface area contributed by atoms with E-state index >= 15 is 0 Å². The van der Waals surface area contributed by atoms with Crippen LogP contribution in [-0.2, 0) is 0 Å². The number of amides is 2. The summed E-state index contributed by atoms with van der Waals surface area (Å²) in [7, 11) is 0. The largest absolute Gasteiger partial charge is 0.339 e. The van der Waals surface area contributed by atoms with Crippen molar-refractivity contribution in [3.8, 4) is 11.4 Å². The molecule has 1 aromatic heterocycles. The molecule has 6 heteroatoms. The van der Waals surface area contributed by atoms with E-state index in [1.54, 1.807) is 0 Å². The maximum atomic E-state index is 12.4. The van der Waals surface area contributed by atoms with Crippen LogP contribution in [0.2, 0.25) is 0 Å². The van der Waals surface area contributed by atoms with E-state index in [0.29, 0.717) is 24.8 Å². The zero-order valence-corrected chi connectivity index (χ0v) is 15.3. The lowest BCUT2D eigenvalue weighted by Gasteiger charge is -2.30. The summed E-state index contributed by atoms with van der Waals surface area (Å²) in [5.74, 6) is 1.47. The van der Waals surface area contributed by atoms with Gasteiger partial charge in [-0.15, -0.1) is 0 Å². The minimum Gasteiger partial charge on any atom is -0.339 e. The minimum atomic E-state index is -0.0622. The van der Waals surface area contributed by atoms with Gasteiger partial charge in [-0.1, -0.05) is 53.2 Å². The zero-order chi connectivity index (χ0) is 18.6. The quantitative estimate of drug-likeness (QED) is 0.747. The Kier molecular flexibility index (Phi) is 4.87. The highest BCUT2D eigenvalue weighted by atomic mass is 16.5. The molecule has 2 heterocycles. The van der Waals surface area contributed by atoms with E-state index in [1.807, 2.05) is 66.4 Å². The van der Waals surface area contributed by atoms with E-state index < -0.39 is 0 Å². The molecule has 0 spiro atoms. The van der Waals surface area contributed by atoms with Crippen LogP contribution in [0.15, 0.2) is 59.1 Å². The molecular weight excluding hydrogens is 340 g/mol. The molecule has 0 aliphatic carbocycles. The van der Waals surface area contributed by atoms with Gasteiger partial charge in [-0.25, -0.2) is 4.79 Å². The molecule has 4 rings (SSSR count). The van der Waals surface area contributed by atoms with Crippen molar-refractivity contribution >= 4 is 11.7 Å². The molecule has 0 radical (unpaired) electrons. The van der Waals surface area contributed by atoms with Gasteiger partial charge in [-0.3, -0.25) is 0 Å². The number of anilines is 1. The van der Waals surface area contributed by atoms with E-state index in [0.717, 1.165) is 24.1 Å². The molecule has 2 aromatic carbocycles. The fourth-order valence-electron chi connectivity index (χ4n) is 3.27. The van der Waals surface area contributed by atoms with Gasteiger partial charge in [0.05, 0.1) is 0 Å². The molecule has 0 unspecified atom stereocenters. The SMILES string of the molecule is Cc1ccc(NC(=O)N2CCC(c3nc(-c4ccccc4)no3)CC2)cc1. The van der Waals surface area contributed by atoms with Crippen molar-refractivity contribution in [2.24, 2.45) is 0 Å². The lowest BCUT2D eigenvalue weighted by molar-refractivity contribution is 0.187. The summed E-state index contributed by atoms with van der Waals surface area (Å²) in [6.45, 7) is 3.37. The first-order chi connectivity index (χ1) is 13.2. The van der Waals surface area contributed by atoms with Gasteiger partial charge in [0, 0.05) is 30.3 Å². The van der Waals surface area contributed by atoms with Crippen molar-refractivity contribution in [2.75, 3.05) is 18.4 Å². The summed E-state index contributed by atoms with van der Waals surface area (Å²) in [6.07, 6.45) is 1.63. The normalized spacial score (nSPS) is 14.9. The van der Waals surface area contributed by atoms with E-state index in [9.17, 15) is 4.79 Å². The van der Waals surface area contributed by atoms with Crippen LogP contribution < -0.4 is 5.32 Å². The first-order valence-electron chi connectivity index (χ1n) is 9.20. The Morgan fingerprint density at radius 2 is 1.78 bits per heavy atom. The number of rotatable bonds is 3. The molecule has 0 saturated carbocycles. The van der Waals surface area contributed by atoms with Crippen LogP contribution in [0.1, 0.15) is 30.2 Å². The average Bonchev–Trinajstić information content (AvgIpc) is 3.21. The van der Waals surface area contributed by atoms with Crippen molar-refractivity contribution < 1.29 is 9.32 Å². The summed E-state index contributed by atoms with van der Waals surface area (Å²) < 4.78 is 5.48. The van der Waals surface area contributed by atoms with Crippen LogP contribution in [0.5, 0.6) is 0 Å². The molecule has 1 fully saturated rings. The number of hydrogen-bond acceptors (Lipinski definition) is 4. The second-order valence-corrected chi connectivity index (χ2v) is 6.88. The topological polar surface area (TPSA) is 71.3 Å². The molecule has 1 saturated heterocycles. The van der Waals surface area contributed by atoms with Gasteiger partial charge >= 0.3 is 6.03 Å². The second-order valence-electron chi connectivity index (χ2n) is 6.88. The molecule has 2 amide bonds. The summed E-state index contributed by atoms with van der Waals surface area (Å²) in [4.78, 5) is 18.8. The van der Waals surface area contributed by atoms with Crippen LogP contribution in [0.4, 0.5) is 10.5 Å². The number of aryl methyl sites for hydroxylation is 1. The van der Waals surface area contributed by atoms with Crippen LogP contribution >= 0.6 is 0 Å². The molecule has 1 N–H and O–H groups in total. The maximum absolute atomic E-state index is 12.4. The molecule has 6 nitrogen and oxygen atoms in total. The molecule has 1 aliphatic heterocycles. The summed E-state index contributed by atoms with van der Waals surface area (Å²) in [5.41, 5.74) is 2.93. The van der Waals surface area contributed by atoms with Crippen LogP contribution in [0.3, 0.4) is 0 Å². The summed E-state index contributed by atoms with van der Waals surface area (Å²) in [6, 6.07) is 17.6. The Morgan fingerprint density at radius 3 is 2.48 bits per heavy atom. The number of likely N-dealkylation sites (tertiary alicyclic amines) is 1. The number of nitrogens with one attached hydrogen (secondary N) is 1. The molecule has 1 aliphatic rings. The number of urea groups is 1. The number of nitrogens with zero attached hydrogens (tertiary/aromatic N) is 3. The molecule has 27 heavy (non-hydrogen) atoms. The highest BCUT2D eigenvalue weighted by Gasteiger charge is 2.27. The molecule has 0 bridgehead atoms. The summed E-state index contributed by atoms with van der Waals surface area (Å²) in [5, 5.41) is 7.05. The van der Waals surface area contributed by atoms with E-state index in [-0.39, 0.29) is 11.9 Å². The average molecular weight is 362 g/mol. The van der Waals surface area contributed by atoms with E-state index in [1.165, 1.54) is 5.56 Å². The first-order valence-corrected chi connectivity index (χ1v) is 9.20. The van der Waals surface area contributed by atoms with Crippen molar-refractivity contribution in [2.45, 2.75) is 25.7 Å². The maximum Gasteiger partial charge on any atom is 0.321 e. The lowest BCUT2D eigenvalue weighted by atomic mass is 9.97. The smallest absolute Gasteiger partial charge is 0.321 e. The monoisotopic (exact) mass is 362 g/mol. The highest BCUT2D eigenvalue weighted by molar-refractivity contribution is 5.89. The standard InChI is InChI=1S/C21H22N4O2/c1-15-7-9-18(10-8-15)22-21(26)25-13-11-17(12-14-25)20-23-19(24-27-20)16-5-3-2-4-6-16/h2-10,17H,11-14H2,1H3,(H,22,26). The third-order valence-electron chi connectivity index (χ3n) is 4.91. The molecule has 0 atom stereocenters. The Balaban J connectivity index is 1.34. The number of piperidine rings is 1. The predicted molar refractivity (Wildman–Crippen MR) is 103 cm³/mol. The Hall–Kier alpha value is -3.15. The molecular formula is C21H22N4O2. The number of carbonyl (C=O) groups excluding carboxylic acids is 1. The third kappa shape index (κ3) is 4.00. The van der Waals surface area contributed by atoms with Crippen molar-refractivity contribution in [3.63, 3.8) is 0 Å². The van der Waals surface area contributed by atoms with E-state index in [4.69, 9.17) is 4.52 Å². The van der Waals surface area contributed by atoms with Gasteiger partial charge in [-0.05, 0) is 31.9 Å². The van der Waals surface area contributed by atoms with Crippen LogP contribution in [0, 0.1) is 6.92 Å². The van der Waals surface area contributed by atoms with Crippen molar-refractivity contribution in [1.29, 1.82) is 0 Å². The third-order valence-corrected chi connectivity index (χ3v) is 4.91. The van der Waals surface area contributed by atoms with Gasteiger partial charge in [0.2, 0.25) is 11.7 Å². The number of benzene rings is 2. The van der Waals surface area contributed by atoms with Crippen LogP contribution in [-0.4, -0.2) is 34.2 Å². The number of hydrogen-bond donors (Lipinski definition) is 1. The van der Waals surface area contributed by atoms with Crippen LogP contribution in [0.25, 0.3) is 11.4 Å². The minimum absolute atomic E-state index is 0.0622. The lowest BCUT2D eigenvalue weighted by Crippen LogP contribution is -2.40. The Morgan fingerprint density at radius 1 is 1.07 bits per heavy atom. The van der Waals surface area contributed by atoms with Gasteiger partial charge in [0.1, 0.15) is 0 Å². The molecule has 3 aromatic rings. The van der Waals surface area contributed by atoms with Crippen molar-refractivity contribution in [1.82, 2.24) is 15.0 Å². The van der Waals surface area contributed by atoms with Crippen molar-refractivity contribution in [3.05, 3.63) is 66.1 Å². The highest BCUT2D eigenvalue weighted by Crippen LogP contribution is 2.28. The molecule has 138 valence electrons. The Bertz CT molecular complexity index is 897. The zero-order valence-electron chi connectivity index (χ0n) is 15.3. The van der Waals surface area contributed by atoms with E-state index in [2.05, 4.69) is 15.5 Å². The van der Waals surface area contributed by atoms with Gasteiger partial charge < -0.3 is 14.7 Å². The fourth-order valence-corrected chi connectivity index (χ4v) is 3.27. The van der Waals surface area contributed by atoms with Gasteiger partial charge in [0.15, 0.2) is 0 Å². The predicted octanol–water partition coefficient (Wildman–Crippen LogP) is 4.46. The van der Waals surface area contributed by atoms with Gasteiger partial charge in [-0.2, -0.15) is 4.98 Å². The second kappa shape index (κ2) is 7.61. The number of carbonyl (C=O) groups is 1. The number of aromatic nitrogens is 2. The summed E-state index contributed by atoms with van der Waals surface area (Å²) >= 11 is 0. The first kappa shape index (κ1) is 17.3. The van der Waals surface area contributed by atoms with Gasteiger partial charge in [0.25, 0.3) is 0 Å². The fraction of sp³-hybridized carbons (Fsp3) is 0.286.